The van der Waals surface area contributed by atoms with Crippen molar-refractivity contribution in [3.8, 4) is 5.95 Å². The van der Waals surface area contributed by atoms with Crippen molar-refractivity contribution in [2.75, 3.05) is 0 Å². The first-order valence-corrected chi connectivity index (χ1v) is 6.15. The summed E-state index contributed by atoms with van der Waals surface area (Å²) in [6.07, 6.45) is 5.44. The Morgan fingerprint density at radius 3 is 2.47 bits per heavy atom. The average molecular weight is 245 g/mol. The molecule has 0 bridgehead atoms. The molecule has 0 aromatic carbocycles. The van der Waals surface area contributed by atoms with E-state index in [9.17, 15) is 8.42 Å². The molecule has 0 spiro atoms. The molecule has 2 aromatic rings. The lowest BCUT2D eigenvalue weighted by Crippen LogP contribution is -1.99. The molecule has 15 heavy (non-hydrogen) atoms. The fourth-order valence-corrected chi connectivity index (χ4v) is 1.59. The van der Waals surface area contributed by atoms with E-state index < -0.39 is 9.05 Å². The number of aromatic nitrogens is 4. The maximum atomic E-state index is 10.9. The van der Waals surface area contributed by atoms with E-state index in [0.717, 1.165) is 6.20 Å². The van der Waals surface area contributed by atoms with Crippen molar-refractivity contribution in [3.63, 3.8) is 0 Å². The SMILES string of the molecule is O=S(=O)(Cl)c1cnn(-c2ncccn2)c1. The minimum atomic E-state index is -3.76. The summed E-state index contributed by atoms with van der Waals surface area (Å²) in [5.74, 6) is 0.282. The van der Waals surface area contributed by atoms with Gasteiger partial charge in [-0.2, -0.15) is 5.10 Å². The van der Waals surface area contributed by atoms with Crippen LogP contribution in [0.25, 0.3) is 5.95 Å². The van der Waals surface area contributed by atoms with Crippen molar-refractivity contribution in [2.45, 2.75) is 4.90 Å². The Bertz CT molecular complexity index is 566. The maximum absolute atomic E-state index is 10.9. The monoisotopic (exact) mass is 244 g/mol. The van der Waals surface area contributed by atoms with Gasteiger partial charge < -0.3 is 0 Å². The van der Waals surface area contributed by atoms with Crippen molar-refractivity contribution in [1.82, 2.24) is 19.7 Å². The number of halogens is 1. The fourth-order valence-electron chi connectivity index (χ4n) is 0.951. The molecule has 0 aliphatic heterocycles. The van der Waals surface area contributed by atoms with Gasteiger partial charge in [0.25, 0.3) is 9.05 Å². The molecule has 2 aromatic heterocycles. The summed E-state index contributed by atoms with van der Waals surface area (Å²) in [6.45, 7) is 0. The molecule has 0 amide bonds. The van der Waals surface area contributed by atoms with Crippen LogP contribution in [-0.4, -0.2) is 28.2 Å². The van der Waals surface area contributed by atoms with Gasteiger partial charge in [0.1, 0.15) is 4.90 Å². The van der Waals surface area contributed by atoms with E-state index in [4.69, 9.17) is 10.7 Å². The van der Waals surface area contributed by atoms with E-state index >= 15 is 0 Å². The van der Waals surface area contributed by atoms with E-state index in [-0.39, 0.29) is 10.8 Å². The zero-order valence-corrected chi connectivity index (χ0v) is 8.85. The van der Waals surface area contributed by atoms with Gasteiger partial charge in [0.15, 0.2) is 0 Å². The molecule has 0 fully saturated rings. The molecule has 0 N–H and O–H groups in total. The van der Waals surface area contributed by atoms with Crippen LogP contribution in [0.15, 0.2) is 35.7 Å². The Labute approximate surface area is 90.0 Å². The minimum Gasteiger partial charge on any atom is -0.220 e. The highest BCUT2D eigenvalue weighted by Crippen LogP contribution is 2.13. The van der Waals surface area contributed by atoms with Crippen LogP contribution in [0.5, 0.6) is 0 Å². The number of nitrogens with zero attached hydrogens (tertiary/aromatic N) is 4. The van der Waals surface area contributed by atoms with Crippen LogP contribution >= 0.6 is 10.7 Å². The van der Waals surface area contributed by atoms with E-state index in [1.807, 2.05) is 0 Å². The normalized spacial score (nSPS) is 11.5. The zero-order valence-electron chi connectivity index (χ0n) is 7.28. The molecular formula is C7H5ClN4O2S. The van der Waals surface area contributed by atoms with Gasteiger partial charge in [0.05, 0.1) is 12.4 Å². The second-order valence-electron chi connectivity index (χ2n) is 2.61. The molecule has 78 valence electrons. The van der Waals surface area contributed by atoms with Crippen molar-refractivity contribution in [3.05, 3.63) is 30.9 Å². The highest BCUT2D eigenvalue weighted by atomic mass is 35.7. The lowest BCUT2D eigenvalue weighted by atomic mass is 10.7. The van der Waals surface area contributed by atoms with Gasteiger partial charge >= 0.3 is 0 Å². The molecule has 2 rings (SSSR count). The summed E-state index contributed by atoms with van der Waals surface area (Å²) >= 11 is 0. The van der Waals surface area contributed by atoms with E-state index in [2.05, 4.69) is 15.1 Å². The summed E-state index contributed by atoms with van der Waals surface area (Å²) in [7, 11) is 1.38. The van der Waals surface area contributed by atoms with Gasteiger partial charge in [0.2, 0.25) is 5.95 Å². The average Bonchev–Trinajstić information content (AvgIpc) is 2.67. The van der Waals surface area contributed by atoms with Crippen LogP contribution in [-0.2, 0) is 9.05 Å². The first kappa shape index (κ1) is 10.1. The van der Waals surface area contributed by atoms with Crippen LogP contribution in [0.2, 0.25) is 0 Å². The molecular weight excluding hydrogens is 240 g/mol. The van der Waals surface area contributed by atoms with Gasteiger partial charge in [-0.3, -0.25) is 0 Å². The molecule has 0 saturated carbocycles. The highest BCUT2D eigenvalue weighted by Gasteiger charge is 2.13. The van der Waals surface area contributed by atoms with Crippen molar-refractivity contribution in [2.24, 2.45) is 0 Å². The van der Waals surface area contributed by atoms with Gasteiger partial charge in [-0.05, 0) is 6.07 Å². The van der Waals surface area contributed by atoms with Gasteiger partial charge in [-0.15, -0.1) is 0 Å². The van der Waals surface area contributed by atoms with E-state index in [0.29, 0.717) is 0 Å². The number of rotatable bonds is 2. The second-order valence-corrected chi connectivity index (χ2v) is 5.17. The molecule has 2 heterocycles. The van der Waals surface area contributed by atoms with Crippen molar-refractivity contribution < 1.29 is 8.42 Å². The third-order valence-electron chi connectivity index (χ3n) is 1.60. The molecule has 0 unspecified atom stereocenters. The summed E-state index contributed by atoms with van der Waals surface area (Å²) in [4.78, 5) is 7.71. The van der Waals surface area contributed by atoms with E-state index in [1.165, 1.54) is 23.3 Å². The lowest BCUT2D eigenvalue weighted by molar-refractivity contribution is 0.609. The Balaban J connectivity index is 2.46. The topological polar surface area (TPSA) is 77.7 Å². The summed E-state index contributed by atoms with van der Waals surface area (Å²) < 4.78 is 23.1. The van der Waals surface area contributed by atoms with Crippen LogP contribution in [0.4, 0.5) is 0 Å². The molecule has 0 aliphatic carbocycles. The second kappa shape index (κ2) is 3.59. The maximum Gasteiger partial charge on any atom is 0.264 e. The minimum absolute atomic E-state index is 0.0865. The van der Waals surface area contributed by atoms with E-state index in [1.54, 1.807) is 6.07 Å². The van der Waals surface area contributed by atoms with Gasteiger partial charge in [0, 0.05) is 23.1 Å². The third-order valence-corrected chi connectivity index (χ3v) is 2.91. The summed E-state index contributed by atoms with van der Waals surface area (Å²) in [6, 6.07) is 1.65. The largest absolute Gasteiger partial charge is 0.264 e. The van der Waals surface area contributed by atoms with Gasteiger partial charge in [-0.25, -0.2) is 23.1 Å². The molecule has 0 aliphatic rings. The third kappa shape index (κ3) is 2.13. The molecule has 0 atom stereocenters. The molecule has 0 saturated heterocycles. The number of hydrogen-bond acceptors (Lipinski definition) is 5. The highest BCUT2D eigenvalue weighted by molar-refractivity contribution is 8.13. The summed E-state index contributed by atoms with van der Waals surface area (Å²) in [5.41, 5.74) is 0. The Hall–Kier alpha value is -1.47. The molecule has 0 radical (unpaired) electrons. The smallest absolute Gasteiger partial charge is 0.220 e. The molecule has 6 nitrogen and oxygen atoms in total. The van der Waals surface area contributed by atoms with Gasteiger partial charge in [-0.1, -0.05) is 0 Å². The van der Waals surface area contributed by atoms with Crippen LogP contribution in [0.3, 0.4) is 0 Å². The Morgan fingerprint density at radius 2 is 1.93 bits per heavy atom. The quantitative estimate of drug-likeness (QED) is 0.723. The first-order valence-electron chi connectivity index (χ1n) is 3.84. The van der Waals surface area contributed by atoms with Crippen molar-refractivity contribution in [1.29, 1.82) is 0 Å². The Morgan fingerprint density at radius 1 is 1.27 bits per heavy atom. The zero-order chi connectivity index (χ0) is 10.9. The van der Waals surface area contributed by atoms with Crippen molar-refractivity contribution >= 4 is 19.7 Å². The predicted molar refractivity (Wildman–Crippen MR) is 52.2 cm³/mol. The fraction of sp³-hybridized carbons (Fsp3) is 0. The predicted octanol–water partition coefficient (Wildman–Crippen LogP) is 0.590. The summed E-state index contributed by atoms with van der Waals surface area (Å²) in [5, 5.41) is 3.78. The van der Waals surface area contributed by atoms with Crippen LogP contribution < -0.4 is 0 Å². The van der Waals surface area contributed by atoms with Crippen LogP contribution in [0.1, 0.15) is 0 Å². The molecule has 8 heteroatoms. The lowest BCUT2D eigenvalue weighted by Gasteiger charge is -1.95. The Kier molecular flexibility index (Phi) is 2.41. The number of hydrogen-bond donors (Lipinski definition) is 0. The first-order chi connectivity index (χ1) is 7.07. The standard InChI is InChI=1S/C7H5ClN4O2S/c8-15(13,14)6-4-11-12(5-6)7-9-2-1-3-10-7/h1-5H. The van der Waals surface area contributed by atoms with Crippen LogP contribution in [0, 0.1) is 0 Å².